The standard InChI is InChI=1S/C25H26ClN5O.C24H24ClN5O2.C23H22ClN5O.C22H22ClN5O/c26-20-10-13-23(29-17-20)30-25(32)22-7-3-2-6-19(22)16-28-21-11-8-18(9-12-21)24(27)31-14-4-1-5-15-31;25-19-7-10-22(28-16-19)29-24(31)21-4-2-1-3-18(21)15-27-20-8-5-17(6-9-20)23(26)30-11-13-32-14-12-30;24-18-8-11-21(27-15-18)28-23(30)20-5-2-1-4-17(20)14-26-19-9-6-16(7-10-19)22(25)29-12-3-13-29;1-28(2)21(24)15-7-10-18(11-8-15)25-13-16-5-3-4-6-19(16)22(29)27-20-12-9-17(23)14-26-20/h2-3,6-13,17,27-28H,1,4-5,14-16H2,(H,29,30,32);1-10,16,26-27H,11-15H2,(H,28,29,31);1-2,4-11,15,25-26H,3,12-14H2,(H,27,28,30);3-12,14,24-25H,13H2,1-2H3,(H,26,27,29). The van der Waals surface area contributed by atoms with Crippen molar-refractivity contribution in [3.05, 3.63) is 354 Å². The number of likely N-dealkylation sites (tertiary alicyclic amines) is 2. The number of aromatic nitrogens is 4. The summed E-state index contributed by atoms with van der Waals surface area (Å²) in [7, 11) is 3.69. The molecule has 3 aliphatic rings. The molecule has 0 aliphatic carbocycles. The highest BCUT2D eigenvalue weighted by molar-refractivity contribution is 6.31. The number of carbonyl (C=O) groups excluding carboxylic acids is 4. The fourth-order valence-corrected chi connectivity index (χ4v) is 13.6. The van der Waals surface area contributed by atoms with E-state index >= 15 is 0 Å². The molecule has 15 rings (SSSR count). The van der Waals surface area contributed by atoms with Gasteiger partial charge < -0.3 is 66.9 Å². The van der Waals surface area contributed by atoms with Crippen LogP contribution in [-0.4, -0.2) is 153 Å². The quantitative estimate of drug-likeness (QED) is 0.0197. The molecule has 12 N–H and O–H groups in total. The van der Waals surface area contributed by atoms with Crippen molar-refractivity contribution in [2.45, 2.75) is 51.9 Å². The zero-order valence-electron chi connectivity index (χ0n) is 67.8. The lowest BCUT2D eigenvalue weighted by Crippen LogP contribution is -2.42. The maximum atomic E-state index is 12.8. The normalized spacial score (nSPS) is 12.6. The Kier molecular flexibility index (Phi) is 32.2. The maximum absolute atomic E-state index is 12.8. The summed E-state index contributed by atoms with van der Waals surface area (Å²) in [6.45, 7) is 8.61. The predicted octanol–water partition coefficient (Wildman–Crippen LogP) is 18.8. The summed E-state index contributed by atoms with van der Waals surface area (Å²) in [6, 6.07) is 74.3. The van der Waals surface area contributed by atoms with Crippen LogP contribution in [0.15, 0.2) is 267 Å². The first-order valence-electron chi connectivity index (χ1n) is 40.0. The number of piperidine rings is 1. The summed E-state index contributed by atoms with van der Waals surface area (Å²) >= 11 is 23.4. The highest BCUT2D eigenvalue weighted by atomic mass is 35.5. The minimum atomic E-state index is -0.230. The molecule has 3 fully saturated rings. The third kappa shape index (κ3) is 26.2. The fraction of sp³-hybridized carbons (Fsp3) is 0.191. The summed E-state index contributed by atoms with van der Waals surface area (Å²) < 4.78 is 5.36. The summed E-state index contributed by atoms with van der Waals surface area (Å²) in [6.07, 6.45) is 10.7. The number of ether oxygens (including phenoxy) is 1. The second kappa shape index (κ2) is 44.6. The number of carbonyl (C=O) groups is 4. The van der Waals surface area contributed by atoms with Gasteiger partial charge in [-0.2, -0.15) is 0 Å². The topological polar surface area (TPSA) is 334 Å². The largest absolute Gasteiger partial charge is 0.381 e. The maximum Gasteiger partial charge on any atom is 0.257 e. The van der Waals surface area contributed by atoms with E-state index in [0.717, 1.165) is 126 Å². The van der Waals surface area contributed by atoms with Gasteiger partial charge in [-0.05, 0) is 218 Å². The summed E-state index contributed by atoms with van der Waals surface area (Å²) in [5.74, 6) is 3.02. The van der Waals surface area contributed by atoms with Crippen molar-refractivity contribution in [2.75, 3.05) is 109 Å². The number of halogens is 4. The first kappa shape index (κ1) is 88.7. The Bertz CT molecular complexity index is 5410. The van der Waals surface area contributed by atoms with Crippen LogP contribution in [0.3, 0.4) is 0 Å². The van der Waals surface area contributed by atoms with Crippen LogP contribution in [-0.2, 0) is 30.9 Å². The van der Waals surface area contributed by atoms with Gasteiger partial charge in [-0.3, -0.25) is 40.8 Å². The van der Waals surface area contributed by atoms with Crippen molar-refractivity contribution >= 4 is 139 Å². The minimum Gasteiger partial charge on any atom is -0.381 e. The van der Waals surface area contributed by atoms with Crippen molar-refractivity contribution < 1.29 is 23.9 Å². The predicted molar refractivity (Wildman–Crippen MR) is 495 cm³/mol. The van der Waals surface area contributed by atoms with Gasteiger partial charge in [-0.25, -0.2) is 19.9 Å². The van der Waals surface area contributed by atoms with Gasteiger partial charge in [0, 0.05) is 172 Å². The number of rotatable bonds is 24. The molecule has 12 aromatic rings. The molecule has 8 aromatic carbocycles. The van der Waals surface area contributed by atoms with E-state index in [2.05, 4.69) is 72.3 Å². The zero-order valence-corrected chi connectivity index (χ0v) is 70.9. The van der Waals surface area contributed by atoms with Crippen molar-refractivity contribution in [1.29, 1.82) is 21.6 Å². The number of benzene rings is 8. The molecular weight excluding hydrogens is 1630 g/mol. The van der Waals surface area contributed by atoms with Gasteiger partial charge in [0.2, 0.25) is 0 Å². The van der Waals surface area contributed by atoms with Gasteiger partial charge in [-0.1, -0.05) is 119 Å². The van der Waals surface area contributed by atoms with Crippen molar-refractivity contribution in [3.8, 4) is 0 Å². The average molecular weight is 1730 g/mol. The number of nitrogens with zero attached hydrogens (tertiary/aromatic N) is 8. The molecule has 4 aromatic heterocycles. The molecule has 628 valence electrons. The molecule has 0 unspecified atom stereocenters. The summed E-state index contributed by atoms with van der Waals surface area (Å²) in [5.41, 5.74) is 13.0. The van der Waals surface area contributed by atoms with Crippen LogP contribution in [0.5, 0.6) is 0 Å². The van der Waals surface area contributed by atoms with E-state index in [9.17, 15) is 19.2 Å². The molecule has 3 saturated heterocycles. The first-order valence-corrected chi connectivity index (χ1v) is 41.5. The second-order valence-electron chi connectivity index (χ2n) is 28.9. The van der Waals surface area contributed by atoms with Crippen LogP contribution in [0.2, 0.25) is 20.1 Å². The number of amides is 4. The van der Waals surface area contributed by atoms with Crippen LogP contribution in [0.25, 0.3) is 0 Å². The Morgan fingerprint density at radius 3 is 0.821 bits per heavy atom. The van der Waals surface area contributed by atoms with Crippen LogP contribution in [0.4, 0.5) is 46.0 Å². The number of hydrogen-bond donors (Lipinski definition) is 12. The molecule has 29 heteroatoms. The molecular formula is C94H94Cl4N20O5. The van der Waals surface area contributed by atoms with E-state index in [1.54, 1.807) is 77.7 Å². The molecule has 4 amide bonds. The Labute approximate surface area is 735 Å². The summed E-state index contributed by atoms with van der Waals surface area (Å²) in [4.78, 5) is 75.3. The van der Waals surface area contributed by atoms with Gasteiger partial charge in [0.15, 0.2) is 0 Å². The van der Waals surface area contributed by atoms with E-state index in [1.165, 1.54) is 31.2 Å². The van der Waals surface area contributed by atoms with Crippen molar-refractivity contribution in [1.82, 2.24) is 39.5 Å². The van der Waals surface area contributed by atoms with E-state index in [-0.39, 0.29) is 23.6 Å². The SMILES string of the molecule is CN(C)C(=N)c1ccc(NCc2ccccc2C(=O)Nc2ccc(Cl)cn2)cc1.N=C(c1ccc(NCc2ccccc2C(=O)Nc2ccc(Cl)cn2)cc1)N1CCC1.N=C(c1ccc(NCc2ccccc2C(=O)Nc2ccc(Cl)cn2)cc1)N1CCCCC1.N=C(c1ccc(NCc2ccccc2C(=O)Nc2ccc(Cl)cn2)cc1)N1CCOCC1. The van der Waals surface area contributed by atoms with Gasteiger partial charge in [0.25, 0.3) is 23.6 Å². The number of anilines is 8. The molecule has 25 nitrogen and oxygen atoms in total. The number of hydrogen-bond acceptors (Lipinski definition) is 17. The lowest BCUT2D eigenvalue weighted by atomic mass is 10.1. The van der Waals surface area contributed by atoms with Crippen molar-refractivity contribution in [2.24, 2.45) is 0 Å². The van der Waals surface area contributed by atoms with E-state index in [4.69, 9.17) is 72.8 Å². The van der Waals surface area contributed by atoms with E-state index in [0.29, 0.717) is 128 Å². The van der Waals surface area contributed by atoms with E-state index < -0.39 is 0 Å². The van der Waals surface area contributed by atoms with Crippen LogP contribution in [0, 0.1) is 21.6 Å². The number of amidine groups is 4. The molecule has 0 atom stereocenters. The lowest BCUT2D eigenvalue weighted by Gasteiger charge is -2.33. The third-order valence-corrected chi connectivity index (χ3v) is 21.0. The zero-order chi connectivity index (χ0) is 86.4. The lowest BCUT2D eigenvalue weighted by molar-refractivity contribution is 0.0680. The number of pyridine rings is 4. The number of nitrogens with one attached hydrogen (secondary N) is 12. The fourth-order valence-electron chi connectivity index (χ4n) is 13.1. The van der Waals surface area contributed by atoms with Gasteiger partial charge in [0.05, 0.1) is 33.3 Å². The van der Waals surface area contributed by atoms with Crippen LogP contribution < -0.4 is 42.5 Å². The molecule has 3 aliphatic heterocycles. The molecule has 0 spiro atoms. The highest BCUT2D eigenvalue weighted by Gasteiger charge is 2.22. The van der Waals surface area contributed by atoms with E-state index in [1.807, 2.05) is 189 Å². The minimum absolute atomic E-state index is 0.220. The first-order chi connectivity index (χ1) is 59.7. The Hall–Kier alpha value is -13.6. The van der Waals surface area contributed by atoms with Crippen LogP contribution >= 0.6 is 46.4 Å². The third-order valence-electron chi connectivity index (χ3n) is 20.1. The van der Waals surface area contributed by atoms with Crippen molar-refractivity contribution in [3.63, 3.8) is 0 Å². The molecule has 0 saturated carbocycles. The Morgan fingerprint density at radius 2 is 0.577 bits per heavy atom. The Balaban J connectivity index is 0.000000150. The average Bonchev–Trinajstić information content (AvgIpc) is 0.841. The number of morpholine rings is 1. The smallest absolute Gasteiger partial charge is 0.257 e. The van der Waals surface area contributed by atoms with Gasteiger partial charge in [-0.15, -0.1) is 0 Å². The highest BCUT2D eigenvalue weighted by Crippen LogP contribution is 2.26. The van der Waals surface area contributed by atoms with Gasteiger partial charge in [0.1, 0.15) is 46.6 Å². The summed E-state index contributed by atoms with van der Waals surface area (Å²) in [5, 5.41) is 59.8. The molecule has 123 heavy (non-hydrogen) atoms. The molecule has 0 radical (unpaired) electrons. The van der Waals surface area contributed by atoms with Crippen LogP contribution in [0.1, 0.15) is 112 Å². The second-order valence-corrected chi connectivity index (χ2v) is 30.6. The van der Waals surface area contributed by atoms with Gasteiger partial charge >= 0.3 is 0 Å². The molecule has 0 bridgehead atoms. The Morgan fingerprint density at radius 1 is 0.325 bits per heavy atom. The monoisotopic (exact) mass is 1720 g/mol. The molecule has 7 heterocycles.